The van der Waals surface area contributed by atoms with Crippen molar-refractivity contribution in [2.45, 2.75) is 13.8 Å². The minimum atomic E-state index is -0.935. The van der Waals surface area contributed by atoms with Crippen LogP contribution in [0, 0.1) is 0 Å². The summed E-state index contributed by atoms with van der Waals surface area (Å²) in [6, 6.07) is 10.4. The average molecular weight is 344 g/mol. The Kier molecular flexibility index (Phi) is 7.21. The van der Waals surface area contributed by atoms with Gasteiger partial charge in [-0.15, -0.1) is 0 Å². The van der Waals surface area contributed by atoms with E-state index in [-0.39, 0.29) is 22.9 Å². The number of phenolic OH excluding ortho intramolecular Hbond substituents is 2. The number of carbonyl (C=O) groups is 2. The van der Waals surface area contributed by atoms with Crippen LogP contribution in [0.1, 0.15) is 29.8 Å². The molecule has 0 aliphatic heterocycles. The molecule has 0 saturated heterocycles. The summed E-state index contributed by atoms with van der Waals surface area (Å²) in [7, 11) is 0. The van der Waals surface area contributed by atoms with Gasteiger partial charge in [0.2, 0.25) is 0 Å². The highest BCUT2D eigenvalue weighted by Crippen LogP contribution is 2.26. The van der Waals surface area contributed by atoms with Crippen molar-refractivity contribution in [1.29, 1.82) is 0 Å². The lowest BCUT2D eigenvalue weighted by molar-refractivity contribution is -0.132. The Morgan fingerprint density at radius 1 is 1.04 bits per heavy atom. The number of carbonyl (C=O) groups excluding carboxylic acids is 1. The predicted octanol–water partition coefficient (Wildman–Crippen LogP) is 3.37. The Bertz CT molecular complexity index is 750. The van der Waals surface area contributed by atoms with E-state index in [1.54, 1.807) is 19.1 Å². The van der Waals surface area contributed by atoms with Gasteiger partial charge in [-0.25, -0.2) is 4.79 Å². The Labute approximate surface area is 145 Å². The molecule has 0 atom stereocenters. The molecule has 2 aromatic rings. The second-order valence-corrected chi connectivity index (χ2v) is 5.07. The largest absolute Gasteiger partial charge is 0.508 e. The van der Waals surface area contributed by atoms with Crippen molar-refractivity contribution in [3.8, 4) is 17.2 Å². The van der Waals surface area contributed by atoms with E-state index in [9.17, 15) is 19.8 Å². The fourth-order valence-electron chi connectivity index (χ4n) is 1.74. The number of aliphatic carboxylic acids is 1. The number of hydrogen-bond donors (Lipinski definition) is 3. The molecular formula is C19H20O6. The van der Waals surface area contributed by atoms with Gasteiger partial charge in [0.1, 0.15) is 17.2 Å². The van der Waals surface area contributed by atoms with E-state index in [0.29, 0.717) is 23.5 Å². The van der Waals surface area contributed by atoms with Crippen molar-refractivity contribution in [1.82, 2.24) is 0 Å². The molecule has 0 unspecified atom stereocenters. The second kappa shape index (κ2) is 9.12. The van der Waals surface area contributed by atoms with Crippen molar-refractivity contribution in [3.63, 3.8) is 0 Å². The van der Waals surface area contributed by atoms with E-state index < -0.39 is 5.97 Å². The summed E-state index contributed by atoms with van der Waals surface area (Å²) in [6.07, 6.45) is 0. The van der Waals surface area contributed by atoms with E-state index in [1.165, 1.54) is 37.3 Å². The first-order valence-electron chi connectivity index (χ1n) is 7.44. The van der Waals surface area contributed by atoms with E-state index in [0.717, 1.165) is 0 Å². The van der Waals surface area contributed by atoms with Crippen molar-refractivity contribution in [2.24, 2.45) is 0 Å². The third kappa shape index (κ3) is 6.02. The molecule has 0 amide bonds. The van der Waals surface area contributed by atoms with Crippen molar-refractivity contribution in [3.05, 3.63) is 65.7 Å². The molecule has 6 nitrogen and oxygen atoms in total. The molecule has 0 bridgehead atoms. The van der Waals surface area contributed by atoms with Crippen LogP contribution in [0.15, 0.2) is 54.6 Å². The lowest BCUT2D eigenvalue weighted by Crippen LogP contribution is -2.05. The van der Waals surface area contributed by atoms with Gasteiger partial charge in [0.25, 0.3) is 0 Å². The number of ether oxygens (including phenoxy) is 1. The van der Waals surface area contributed by atoms with Crippen molar-refractivity contribution < 1.29 is 29.6 Å². The van der Waals surface area contributed by atoms with Crippen LogP contribution >= 0.6 is 0 Å². The van der Waals surface area contributed by atoms with Gasteiger partial charge in [0.05, 0.1) is 12.2 Å². The molecule has 0 aliphatic carbocycles. The summed E-state index contributed by atoms with van der Waals surface area (Å²) >= 11 is 0. The molecule has 0 fully saturated rings. The first kappa shape index (κ1) is 19.8. The van der Waals surface area contributed by atoms with Crippen molar-refractivity contribution in [2.75, 3.05) is 6.61 Å². The molecule has 6 heteroatoms. The highest BCUT2D eigenvalue weighted by Gasteiger charge is 2.15. The van der Waals surface area contributed by atoms with Crippen LogP contribution in [-0.4, -0.2) is 33.7 Å². The predicted molar refractivity (Wildman–Crippen MR) is 93.3 cm³/mol. The average Bonchev–Trinajstić information content (AvgIpc) is 2.56. The zero-order chi connectivity index (χ0) is 19.0. The van der Waals surface area contributed by atoms with Crippen LogP contribution in [0.2, 0.25) is 0 Å². The van der Waals surface area contributed by atoms with Gasteiger partial charge in [0, 0.05) is 17.2 Å². The number of rotatable bonds is 5. The van der Waals surface area contributed by atoms with Crippen LogP contribution in [-0.2, 0) is 4.79 Å². The molecule has 25 heavy (non-hydrogen) atoms. The smallest absolute Gasteiger partial charge is 0.330 e. The number of carboxylic acid groups (broad SMARTS) is 1. The fourth-order valence-corrected chi connectivity index (χ4v) is 1.74. The molecule has 0 aliphatic rings. The number of hydrogen-bond acceptors (Lipinski definition) is 5. The van der Waals surface area contributed by atoms with Crippen LogP contribution in [0.3, 0.4) is 0 Å². The molecule has 132 valence electrons. The van der Waals surface area contributed by atoms with Gasteiger partial charge < -0.3 is 20.1 Å². The zero-order valence-electron chi connectivity index (χ0n) is 14.0. The third-order valence-corrected chi connectivity index (χ3v) is 3.00. The second-order valence-electron chi connectivity index (χ2n) is 5.07. The number of aromatic hydroxyl groups is 2. The van der Waals surface area contributed by atoms with Crippen LogP contribution in [0.25, 0.3) is 0 Å². The normalized spacial score (nSPS) is 9.52. The third-order valence-electron chi connectivity index (χ3n) is 3.00. The SMILES string of the molecule is C=C(C)C(=O)O.CCOc1cc(O)ccc1C(=O)c1ccc(O)cc1. The lowest BCUT2D eigenvalue weighted by atomic mass is 10.0. The molecule has 0 spiro atoms. The van der Waals surface area contributed by atoms with E-state index >= 15 is 0 Å². The van der Waals surface area contributed by atoms with Crippen LogP contribution < -0.4 is 4.74 Å². The maximum absolute atomic E-state index is 12.3. The van der Waals surface area contributed by atoms with Gasteiger partial charge in [0.15, 0.2) is 5.78 Å². The van der Waals surface area contributed by atoms with E-state index in [1.807, 2.05) is 0 Å². The number of phenols is 2. The minimum absolute atomic E-state index is 0.0470. The molecule has 2 rings (SSSR count). The highest BCUT2D eigenvalue weighted by molar-refractivity contribution is 6.10. The van der Waals surface area contributed by atoms with Crippen LogP contribution in [0.5, 0.6) is 17.2 Å². The molecule has 2 aromatic carbocycles. The monoisotopic (exact) mass is 344 g/mol. The maximum atomic E-state index is 12.3. The lowest BCUT2D eigenvalue weighted by Gasteiger charge is -2.10. The van der Waals surface area contributed by atoms with Gasteiger partial charge in [-0.05, 0) is 50.2 Å². The molecule has 3 N–H and O–H groups in total. The Morgan fingerprint density at radius 2 is 1.56 bits per heavy atom. The van der Waals surface area contributed by atoms with Gasteiger partial charge in [-0.2, -0.15) is 0 Å². The Balaban J connectivity index is 0.000000450. The number of carboxylic acids is 1. The molecule has 0 heterocycles. The number of benzene rings is 2. The minimum Gasteiger partial charge on any atom is -0.508 e. The van der Waals surface area contributed by atoms with Crippen LogP contribution in [0.4, 0.5) is 0 Å². The van der Waals surface area contributed by atoms with Gasteiger partial charge >= 0.3 is 5.97 Å². The number of ketones is 1. The topological polar surface area (TPSA) is 104 Å². The summed E-state index contributed by atoms with van der Waals surface area (Å²) in [6.45, 7) is 6.81. The first-order valence-corrected chi connectivity index (χ1v) is 7.44. The summed E-state index contributed by atoms with van der Waals surface area (Å²) in [5, 5.41) is 26.5. The first-order chi connectivity index (χ1) is 11.8. The molecule has 0 radical (unpaired) electrons. The van der Waals surface area contributed by atoms with E-state index in [2.05, 4.69) is 6.58 Å². The highest BCUT2D eigenvalue weighted by atomic mass is 16.5. The summed E-state index contributed by atoms with van der Waals surface area (Å²) in [5.41, 5.74) is 1.00. The van der Waals surface area contributed by atoms with Gasteiger partial charge in [-0.3, -0.25) is 4.79 Å². The zero-order valence-corrected chi connectivity index (χ0v) is 14.0. The summed E-state index contributed by atoms with van der Waals surface area (Å²) < 4.78 is 5.35. The standard InChI is InChI=1S/C15H14O4.C4H6O2/c1-2-19-14-9-12(17)7-8-13(14)15(18)10-3-5-11(16)6-4-10;1-3(2)4(5)6/h3-9,16-17H,2H2,1H3;1H2,2H3,(H,5,6). The molecule has 0 saturated carbocycles. The molecular weight excluding hydrogens is 324 g/mol. The van der Waals surface area contributed by atoms with E-state index in [4.69, 9.17) is 9.84 Å². The summed E-state index contributed by atoms with van der Waals surface area (Å²) in [5.74, 6) is -0.656. The Hall–Kier alpha value is -3.28. The summed E-state index contributed by atoms with van der Waals surface area (Å²) in [4.78, 5) is 21.9. The maximum Gasteiger partial charge on any atom is 0.330 e. The molecule has 0 aromatic heterocycles. The quantitative estimate of drug-likeness (QED) is 0.567. The van der Waals surface area contributed by atoms with Crippen molar-refractivity contribution >= 4 is 11.8 Å². The van der Waals surface area contributed by atoms with Gasteiger partial charge in [-0.1, -0.05) is 6.58 Å². The fraction of sp³-hybridized carbons (Fsp3) is 0.158. The Morgan fingerprint density at radius 3 is 2.04 bits per heavy atom.